The molecule has 0 heterocycles. The van der Waals surface area contributed by atoms with Gasteiger partial charge in [-0.25, -0.2) is 0 Å². The molecule has 0 unspecified atom stereocenters. The SMILES string of the molecule is CO.[B-].[Na+].c1ccc2c(c1)ccc1c3c(ccc12)CCCC3. The molecule has 0 amide bonds. The van der Waals surface area contributed by atoms with E-state index in [0.717, 1.165) is 7.11 Å². The van der Waals surface area contributed by atoms with Crippen LogP contribution >= 0.6 is 0 Å². The minimum atomic E-state index is 0. The Hall–Kier alpha value is -0.795. The van der Waals surface area contributed by atoms with E-state index >= 15 is 0 Å². The largest absolute Gasteiger partial charge is 1.00 e. The summed E-state index contributed by atoms with van der Waals surface area (Å²) in [5.74, 6) is 0. The van der Waals surface area contributed by atoms with Crippen LogP contribution in [0.3, 0.4) is 0 Å². The molecule has 0 aliphatic heterocycles. The molecule has 0 saturated heterocycles. The minimum absolute atomic E-state index is 0. The van der Waals surface area contributed by atoms with Crippen molar-refractivity contribution in [2.24, 2.45) is 0 Å². The molecule has 1 N–H and O–H groups in total. The van der Waals surface area contributed by atoms with Crippen LogP contribution in [0.25, 0.3) is 21.5 Å². The Labute approximate surface area is 156 Å². The van der Waals surface area contributed by atoms with E-state index in [1.807, 2.05) is 0 Å². The third-order valence-electron chi connectivity index (χ3n) is 4.26. The number of benzene rings is 3. The number of hydrogen-bond acceptors (Lipinski definition) is 1. The average molecular weight is 298 g/mol. The van der Waals surface area contributed by atoms with E-state index < -0.39 is 0 Å². The summed E-state index contributed by atoms with van der Waals surface area (Å²) in [5.41, 5.74) is 3.17. The van der Waals surface area contributed by atoms with Gasteiger partial charge in [-0.15, -0.1) is 0 Å². The maximum atomic E-state index is 7.00. The Morgan fingerprint density at radius 2 is 1.41 bits per heavy atom. The molecular formula is C19H20BNaO. The monoisotopic (exact) mass is 298 g/mol. The predicted molar refractivity (Wildman–Crippen MR) is 92.0 cm³/mol. The van der Waals surface area contributed by atoms with E-state index in [2.05, 4.69) is 48.5 Å². The van der Waals surface area contributed by atoms with Crippen LogP contribution in [0.2, 0.25) is 0 Å². The van der Waals surface area contributed by atoms with E-state index in [9.17, 15) is 0 Å². The summed E-state index contributed by atoms with van der Waals surface area (Å²) in [6, 6.07) is 18.0. The summed E-state index contributed by atoms with van der Waals surface area (Å²) in [6.07, 6.45) is 5.22. The Balaban J connectivity index is 0.000000583. The molecule has 1 aliphatic carbocycles. The van der Waals surface area contributed by atoms with Crippen LogP contribution < -0.4 is 29.6 Å². The third kappa shape index (κ3) is 3.41. The molecule has 0 fully saturated rings. The van der Waals surface area contributed by atoms with E-state index in [-0.39, 0.29) is 38.0 Å². The van der Waals surface area contributed by atoms with E-state index in [1.165, 1.54) is 47.2 Å². The Morgan fingerprint density at radius 3 is 2.23 bits per heavy atom. The molecule has 0 atom stereocenters. The van der Waals surface area contributed by atoms with Crippen LogP contribution in [0.15, 0.2) is 48.5 Å². The van der Waals surface area contributed by atoms with Crippen LogP contribution in [-0.2, 0) is 12.8 Å². The average Bonchev–Trinajstić information content (AvgIpc) is 2.56. The van der Waals surface area contributed by atoms with Crippen LogP contribution in [0.5, 0.6) is 0 Å². The zero-order valence-electron chi connectivity index (χ0n) is 13.5. The predicted octanol–water partition coefficient (Wildman–Crippen LogP) is 1.10. The maximum absolute atomic E-state index is 7.00. The molecule has 0 bridgehead atoms. The van der Waals surface area contributed by atoms with Gasteiger partial charge in [-0.1, -0.05) is 48.5 Å². The first-order chi connectivity index (χ1) is 9.93. The van der Waals surface area contributed by atoms with Gasteiger partial charge >= 0.3 is 29.6 Å². The fraction of sp³-hybridized carbons (Fsp3) is 0.263. The van der Waals surface area contributed by atoms with Crippen LogP contribution in [0.1, 0.15) is 24.0 Å². The Kier molecular flexibility index (Phi) is 7.65. The number of fused-ring (bicyclic) bond motifs is 5. The molecule has 3 aromatic carbocycles. The number of aliphatic hydroxyl groups is 1. The molecule has 1 aliphatic rings. The molecule has 22 heavy (non-hydrogen) atoms. The van der Waals surface area contributed by atoms with Crippen molar-refractivity contribution in [3.63, 3.8) is 0 Å². The van der Waals surface area contributed by atoms with Crippen molar-refractivity contribution in [1.82, 2.24) is 0 Å². The summed E-state index contributed by atoms with van der Waals surface area (Å²) in [6.45, 7) is 0. The van der Waals surface area contributed by atoms with Crippen molar-refractivity contribution in [1.29, 1.82) is 0 Å². The van der Waals surface area contributed by atoms with Crippen molar-refractivity contribution in [3.8, 4) is 0 Å². The normalized spacial score (nSPS) is 12.5. The number of rotatable bonds is 0. The van der Waals surface area contributed by atoms with Crippen molar-refractivity contribution >= 4 is 30.0 Å². The summed E-state index contributed by atoms with van der Waals surface area (Å²) >= 11 is 0. The molecule has 3 aromatic rings. The minimum Gasteiger partial charge on any atom is -1.00 e. The van der Waals surface area contributed by atoms with E-state index in [0.29, 0.717) is 0 Å². The van der Waals surface area contributed by atoms with Crippen molar-refractivity contribution in [2.45, 2.75) is 25.7 Å². The first kappa shape index (κ1) is 19.3. The first-order valence-electron chi connectivity index (χ1n) is 7.30. The quantitative estimate of drug-likeness (QED) is 0.487. The van der Waals surface area contributed by atoms with Crippen molar-refractivity contribution < 1.29 is 34.7 Å². The van der Waals surface area contributed by atoms with Gasteiger partial charge in [0.05, 0.1) is 0 Å². The maximum Gasteiger partial charge on any atom is 1.00 e. The Morgan fingerprint density at radius 1 is 0.727 bits per heavy atom. The third-order valence-corrected chi connectivity index (χ3v) is 4.26. The summed E-state index contributed by atoms with van der Waals surface area (Å²) in [7, 11) is 1.00. The van der Waals surface area contributed by atoms with Gasteiger partial charge in [0.1, 0.15) is 0 Å². The second kappa shape index (κ2) is 8.74. The number of aliphatic hydroxyl groups excluding tert-OH is 1. The van der Waals surface area contributed by atoms with Gasteiger partial charge in [0, 0.05) is 7.11 Å². The molecule has 0 aromatic heterocycles. The first-order valence-corrected chi connectivity index (χ1v) is 7.30. The van der Waals surface area contributed by atoms with Gasteiger partial charge in [-0.05, 0) is 58.4 Å². The zero-order valence-corrected chi connectivity index (χ0v) is 15.5. The van der Waals surface area contributed by atoms with Gasteiger partial charge in [-0.2, -0.15) is 0 Å². The standard InChI is InChI=1S/C18H16.CH4O.B.Na/c1-3-7-15-13(5-1)9-11-18-16-8-4-2-6-14(16)10-12-17(15)18;1-2;;/h1,3,5,7,9-12H,2,4,6,8H2;2H,1H3;;/q;;-1;+1. The Bertz CT molecular complexity index is 755. The molecule has 4 rings (SSSR count). The molecule has 106 valence electrons. The van der Waals surface area contributed by atoms with E-state index in [4.69, 9.17) is 5.11 Å². The van der Waals surface area contributed by atoms with Gasteiger partial charge in [0.15, 0.2) is 0 Å². The smallest absolute Gasteiger partial charge is 1.00 e. The van der Waals surface area contributed by atoms with Crippen LogP contribution in [0.4, 0.5) is 0 Å². The molecular weight excluding hydrogens is 278 g/mol. The summed E-state index contributed by atoms with van der Waals surface area (Å²) < 4.78 is 0. The van der Waals surface area contributed by atoms with Crippen LogP contribution in [-0.4, -0.2) is 20.6 Å². The summed E-state index contributed by atoms with van der Waals surface area (Å²) in [4.78, 5) is 0. The number of hydrogen-bond donors (Lipinski definition) is 1. The molecule has 0 spiro atoms. The van der Waals surface area contributed by atoms with Gasteiger partial charge in [0.2, 0.25) is 0 Å². The van der Waals surface area contributed by atoms with Crippen molar-refractivity contribution in [3.05, 3.63) is 59.7 Å². The zero-order chi connectivity index (χ0) is 13.9. The molecule has 3 heteroatoms. The fourth-order valence-corrected chi connectivity index (χ4v) is 3.34. The second-order valence-electron chi connectivity index (χ2n) is 5.29. The van der Waals surface area contributed by atoms with Gasteiger partial charge in [0.25, 0.3) is 0 Å². The topological polar surface area (TPSA) is 20.2 Å². The number of aryl methyl sites for hydroxylation is 2. The molecule has 4 radical (unpaired) electrons. The molecule has 0 saturated carbocycles. The van der Waals surface area contributed by atoms with E-state index in [1.54, 1.807) is 11.1 Å². The van der Waals surface area contributed by atoms with Gasteiger partial charge in [-0.3, -0.25) is 0 Å². The van der Waals surface area contributed by atoms with Gasteiger partial charge < -0.3 is 13.5 Å². The molecule has 1 nitrogen and oxygen atoms in total. The van der Waals surface area contributed by atoms with Crippen molar-refractivity contribution in [2.75, 3.05) is 7.11 Å². The summed E-state index contributed by atoms with van der Waals surface area (Å²) in [5, 5.41) is 12.6. The fourth-order valence-electron chi connectivity index (χ4n) is 3.34. The van der Waals surface area contributed by atoms with Crippen LogP contribution in [0, 0.1) is 0 Å². The second-order valence-corrected chi connectivity index (χ2v) is 5.29.